The minimum atomic E-state index is -0.581. The van der Waals surface area contributed by atoms with Crippen molar-refractivity contribution >= 4 is 12.1 Å². The smallest absolute Gasteiger partial charge is 0.410 e. The van der Waals surface area contributed by atoms with Gasteiger partial charge in [0.15, 0.2) is 0 Å². The molecular weight excluding hydrogens is 362 g/mol. The molecule has 28 heavy (non-hydrogen) atoms. The van der Waals surface area contributed by atoms with E-state index in [1.54, 1.807) is 46.7 Å². The fraction of sp³-hybridized carbons (Fsp3) is 0.474. The van der Waals surface area contributed by atoms with Crippen LogP contribution in [0.25, 0.3) is 0 Å². The highest BCUT2D eigenvalue weighted by atomic mass is 16.6. The Bertz CT molecular complexity index is 788. The minimum absolute atomic E-state index is 0.207. The summed E-state index contributed by atoms with van der Waals surface area (Å²) >= 11 is 0. The van der Waals surface area contributed by atoms with Crippen LogP contribution in [0.1, 0.15) is 20.8 Å². The highest BCUT2D eigenvalue weighted by molar-refractivity contribution is 5.77. The zero-order valence-electron chi connectivity index (χ0n) is 16.3. The van der Waals surface area contributed by atoms with Crippen LogP contribution in [0.2, 0.25) is 0 Å². The molecule has 1 atom stereocenters. The lowest BCUT2D eigenvalue weighted by Gasteiger charge is -2.41. The van der Waals surface area contributed by atoms with Crippen LogP contribution < -0.4 is 4.74 Å². The second kappa shape index (κ2) is 8.28. The van der Waals surface area contributed by atoms with E-state index < -0.39 is 11.7 Å². The Morgan fingerprint density at radius 1 is 1.21 bits per heavy atom. The lowest BCUT2D eigenvalue weighted by molar-refractivity contribution is 0.00454. The molecule has 1 aliphatic rings. The fourth-order valence-corrected chi connectivity index (χ4v) is 2.89. The molecule has 2 aromatic rings. The zero-order valence-corrected chi connectivity index (χ0v) is 16.3. The maximum Gasteiger partial charge on any atom is 0.410 e. The van der Waals surface area contributed by atoms with Crippen molar-refractivity contribution in [1.82, 2.24) is 24.3 Å². The van der Waals surface area contributed by atoms with Gasteiger partial charge in [-0.2, -0.15) is 0 Å². The van der Waals surface area contributed by atoms with Gasteiger partial charge in [-0.05, 0) is 32.9 Å². The van der Waals surface area contributed by atoms with Crippen LogP contribution in [-0.2, 0) is 4.74 Å². The number of hydrogen-bond donors (Lipinski definition) is 0. The Morgan fingerprint density at radius 2 is 2.04 bits per heavy atom. The molecule has 0 N–H and O–H groups in total. The van der Waals surface area contributed by atoms with Gasteiger partial charge in [0, 0.05) is 38.2 Å². The van der Waals surface area contributed by atoms with E-state index in [1.807, 2.05) is 20.8 Å². The lowest BCUT2D eigenvalue weighted by Crippen LogP contribution is -2.59. The van der Waals surface area contributed by atoms with Crippen molar-refractivity contribution < 1.29 is 19.1 Å². The second-order valence-corrected chi connectivity index (χ2v) is 7.53. The van der Waals surface area contributed by atoms with Crippen LogP contribution in [0, 0.1) is 0 Å². The molecule has 0 saturated carbocycles. The highest BCUT2D eigenvalue weighted by Crippen LogP contribution is 2.17. The Morgan fingerprint density at radius 3 is 2.68 bits per heavy atom. The summed E-state index contributed by atoms with van der Waals surface area (Å²) in [4.78, 5) is 36.6. The predicted octanol–water partition coefficient (Wildman–Crippen LogP) is 2.25. The van der Waals surface area contributed by atoms with Crippen molar-refractivity contribution in [3.8, 4) is 5.75 Å². The summed E-state index contributed by atoms with van der Waals surface area (Å²) in [6.45, 7) is 6.78. The number of imidazole rings is 1. The van der Waals surface area contributed by atoms with Crippen LogP contribution in [0.15, 0.2) is 43.2 Å². The topological polar surface area (TPSA) is 89.8 Å². The quantitative estimate of drug-likeness (QED) is 0.802. The number of pyridine rings is 1. The summed E-state index contributed by atoms with van der Waals surface area (Å²) < 4.78 is 12.7. The maximum atomic E-state index is 12.8. The molecule has 9 heteroatoms. The molecule has 3 rings (SSSR count). The van der Waals surface area contributed by atoms with E-state index in [0.717, 1.165) is 0 Å². The van der Waals surface area contributed by atoms with E-state index in [1.165, 1.54) is 10.9 Å². The summed E-state index contributed by atoms with van der Waals surface area (Å²) in [7, 11) is 0. The standard InChI is InChI=1S/C19H25N5O4/c1-19(2,3)28-18(26)22-9-10-24(17(25)23-8-7-21-14-23)15(12-22)13-27-16-5-4-6-20-11-16/h4-8,11,14-15H,9-10,12-13H2,1-3H3. The average molecular weight is 387 g/mol. The molecule has 1 fully saturated rings. The summed E-state index contributed by atoms with van der Waals surface area (Å²) in [5, 5.41) is 0. The Labute approximate surface area is 163 Å². The largest absolute Gasteiger partial charge is 0.490 e. The molecule has 1 unspecified atom stereocenters. The van der Waals surface area contributed by atoms with E-state index >= 15 is 0 Å². The summed E-state index contributed by atoms with van der Waals surface area (Å²) in [6, 6.07) is 3.03. The number of ether oxygens (including phenoxy) is 2. The van der Waals surface area contributed by atoms with Gasteiger partial charge in [-0.25, -0.2) is 14.6 Å². The summed E-state index contributed by atoms with van der Waals surface area (Å²) in [6.07, 6.45) is 7.48. The first-order valence-corrected chi connectivity index (χ1v) is 9.13. The van der Waals surface area contributed by atoms with Gasteiger partial charge in [0.05, 0.1) is 12.2 Å². The number of carbonyl (C=O) groups excluding carboxylic acids is 2. The van der Waals surface area contributed by atoms with E-state index in [9.17, 15) is 9.59 Å². The molecule has 0 radical (unpaired) electrons. The first-order valence-electron chi connectivity index (χ1n) is 9.13. The average Bonchev–Trinajstić information content (AvgIpc) is 3.20. The van der Waals surface area contributed by atoms with Crippen LogP contribution in [0.4, 0.5) is 9.59 Å². The van der Waals surface area contributed by atoms with Crippen LogP contribution in [0.5, 0.6) is 5.75 Å². The second-order valence-electron chi connectivity index (χ2n) is 7.53. The number of carbonyl (C=O) groups is 2. The van der Waals surface area contributed by atoms with Crippen molar-refractivity contribution in [1.29, 1.82) is 0 Å². The highest BCUT2D eigenvalue weighted by Gasteiger charge is 2.35. The van der Waals surface area contributed by atoms with Gasteiger partial charge in [0.25, 0.3) is 0 Å². The fourth-order valence-electron chi connectivity index (χ4n) is 2.89. The molecule has 150 valence electrons. The number of nitrogens with zero attached hydrogens (tertiary/aromatic N) is 5. The van der Waals surface area contributed by atoms with Crippen molar-refractivity contribution in [2.24, 2.45) is 0 Å². The van der Waals surface area contributed by atoms with E-state index in [-0.39, 0.29) is 18.7 Å². The number of rotatable bonds is 3. The van der Waals surface area contributed by atoms with Crippen molar-refractivity contribution in [2.75, 3.05) is 26.2 Å². The van der Waals surface area contributed by atoms with E-state index in [0.29, 0.717) is 25.4 Å². The molecular formula is C19H25N5O4. The third-order valence-electron chi connectivity index (χ3n) is 4.18. The van der Waals surface area contributed by atoms with Crippen molar-refractivity contribution in [2.45, 2.75) is 32.4 Å². The third-order valence-corrected chi connectivity index (χ3v) is 4.18. The molecule has 3 heterocycles. The Kier molecular flexibility index (Phi) is 5.81. The van der Waals surface area contributed by atoms with Gasteiger partial charge in [-0.3, -0.25) is 9.55 Å². The Hall–Kier alpha value is -3.10. The van der Waals surface area contributed by atoms with Gasteiger partial charge >= 0.3 is 12.1 Å². The normalized spacial score (nSPS) is 17.3. The van der Waals surface area contributed by atoms with Crippen LogP contribution in [-0.4, -0.2) is 74.3 Å². The van der Waals surface area contributed by atoms with Crippen molar-refractivity contribution in [3.05, 3.63) is 43.2 Å². The SMILES string of the molecule is CC(C)(C)OC(=O)N1CCN(C(=O)n2ccnc2)C(COc2cccnc2)C1. The van der Waals surface area contributed by atoms with E-state index in [4.69, 9.17) is 9.47 Å². The molecule has 0 spiro atoms. The van der Waals surface area contributed by atoms with Gasteiger partial charge < -0.3 is 19.3 Å². The number of amides is 2. The Balaban J connectivity index is 1.72. The molecule has 2 aromatic heterocycles. The predicted molar refractivity (Wildman–Crippen MR) is 101 cm³/mol. The number of hydrogen-bond acceptors (Lipinski definition) is 6. The molecule has 0 bridgehead atoms. The molecule has 2 amide bonds. The van der Waals surface area contributed by atoms with Gasteiger partial charge in [0.2, 0.25) is 0 Å². The van der Waals surface area contributed by atoms with Crippen molar-refractivity contribution in [3.63, 3.8) is 0 Å². The van der Waals surface area contributed by atoms with Gasteiger partial charge in [-0.15, -0.1) is 0 Å². The van der Waals surface area contributed by atoms with Crippen LogP contribution in [0.3, 0.4) is 0 Å². The van der Waals surface area contributed by atoms with Crippen LogP contribution >= 0.6 is 0 Å². The molecule has 1 aliphatic heterocycles. The zero-order chi connectivity index (χ0) is 20.1. The molecule has 0 aliphatic carbocycles. The first kappa shape index (κ1) is 19.7. The lowest BCUT2D eigenvalue weighted by atomic mass is 10.2. The molecule has 1 saturated heterocycles. The third kappa shape index (κ3) is 4.99. The summed E-state index contributed by atoms with van der Waals surface area (Å²) in [5.74, 6) is 0.604. The van der Waals surface area contributed by atoms with E-state index in [2.05, 4.69) is 9.97 Å². The number of aromatic nitrogens is 3. The number of piperazine rings is 1. The maximum absolute atomic E-state index is 12.8. The summed E-state index contributed by atoms with van der Waals surface area (Å²) in [5.41, 5.74) is -0.581. The monoisotopic (exact) mass is 387 g/mol. The van der Waals surface area contributed by atoms with Gasteiger partial charge in [-0.1, -0.05) is 0 Å². The molecule has 9 nitrogen and oxygen atoms in total. The minimum Gasteiger partial charge on any atom is -0.490 e. The van der Waals surface area contributed by atoms with Gasteiger partial charge in [0.1, 0.15) is 24.3 Å². The first-order chi connectivity index (χ1) is 13.3. The molecule has 0 aromatic carbocycles.